The number of benzene rings is 1. The Bertz CT molecular complexity index is 762. The molecule has 3 amide bonds. The molecule has 0 unspecified atom stereocenters. The van der Waals surface area contributed by atoms with Crippen LogP contribution in [0.4, 0.5) is 15.6 Å². The first-order valence-electron chi connectivity index (χ1n) is 8.74. The molecule has 0 saturated carbocycles. The largest absolute Gasteiger partial charge is 0.360 e. The Morgan fingerprint density at radius 2 is 1.81 bits per heavy atom. The van der Waals surface area contributed by atoms with Gasteiger partial charge in [-0.25, -0.2) is 4.79 Å². The highest BCUT2D eigenvalue weighted by atomic mass is 32.2. The molecule has 8 nitrogen and oxygen atoms in total. The van der Waals surface area contributed by atoms with Crippen LogP contribution in [0.5, 0.6) is 0 Å². The first-order valence-corrected chi connectivity index (χ1v) is 10.5. The van der Waals surface area contributed by atoms with Gasteiger partial charge in [0.05, 0.1) is 5.75 Å². The van der Waals surface area contributed by atoms with Gasteiger partial charge in [0.15, 0.2) is 4.34 Å². The second kappa shape index (κ2) is 9.56. The Hall–Kier alpha value is -2.33. The average Bonchev–Trinajstić information content (AvgIpc) is 3.15. The Labute approximate surface area is 166 Å². The Morgan fingerprint density at radius 3 is 2.52 bits per heavy atom. The van der Waals surface area contributed by atoms with E-state index in [1.54, 1.807) is 9.80 Å². The van der Waals surface area contributed by atoms with E-state index in [1.807, 2.05) is 37.3 Å². The lowest BCUT2D eigenvalue weighted by Crippen LogP contribution is -2.52. The van der Waals surface area contributed by atoms with Crippen LogP contribution >= 0.6 is 23.1 Å². The second-order valence-electron chi connectivity index (χ2n) is 5.86. The molecule has 0 radical (unpaired) electrons. The predicted molar refractivity (Wildman–Crippen MR) is 108 cm³/mol. The van der Waals surface area contributed by atoms with E-state index < -0.39 is 0 Å². The third-order valence-corrected chi connectivity index (χ3v) is 6.00. The van der Waals surface area contributed by atoms with Crippen LogP contribution in [-0.2, 0) is 4.79 Å². The molecule has 1 aliphatic heterocycles. The predicted octanol–water partition coefficient (Wildman–Crippen LogP) is 2.44. The molecule has 0 bridgehead atoms. The number of urea groups is 1. The molecule has 10 heteroatoms. The molecule has 1 saturated heterocycles. The van der Waals surface area contributed by atoms with Gasteiger partial charge >= 0.3 is 6.03 Å². The lowest BCUT2D eigenvalue weighted by molar-refractivity contribution is -0.129. The van der Waals surface area contributed by atoms with Crippen LogP contribution in [0.15, 0.2) is 34.7 Å². The summed E-state index contributed by atoms with van der Waals surface area (Å²) < 4.78 is 0.778. The number of carbonyl (C=O) groups excluding carboxylic acids is 2. The van der Waals surface area contributed by atoms with E-state index in [2.05, 4.69) is 20.8 Å². The molecular weight excluding hydrogens is 384 g/mol. The molecule has 1 aromatic carbocycles. The molecule has 144 valence electrons. The van der Waals surface area contributed by atoms with Crippen LogP contribution < -0.4 is 10.6 Å². The minimum Gasteiger partial charge on any atom is -0.360 e. The molecule has 2 N–H and O–H groups in total. The average molecular weight is 407 g/mol. The summed E-state index contributed by atoms with van der Waals surface area (Å²) in [5.41, 5.74) is 0.770. The number of amides is 3. The highest BCUT2D eigenvalue weighted by Crippen LogP contribution is 2.25. The second-order valence-corrected chi connectivity index (χ2v) is 8.06. The third kappa shape index (κ3) is 5.57. The summed E-state index contributed by atoms with van der Waals surface area (Å²) in [5, 5.41) is 14.8. The summed E-state index contributed by atoms with van der Waals surface area (Å²) in [5.74, 6) is 0.389. The maximum absolute atomic E-state index is 12.4. The van der Waals surface area contributed by atoms with E-state index in [0.717, 1.165) is 21.7 Å². The van der Waals surface area contributed by atoms with Crippen molar-refractivity contribution in [2.75, 3.05) is 49.1 Å². The molecule has 0 spiro atoms. The minimum atomic E-state index is -0.132. The number of piperazine rings is 1. The van der Waals surface area contributed by atoms with Gasteiger partial charge in [0.25, 0.3) is 0 Å². The summed E-state index contributed by atoms with van der Waals surface area (Å²) in [6, 6.07) is 9.23. The number of aromatic nitrogens is 2. The van der Waals surface area contributed by atoms with Crippen LogP contribution in [0.25, 0.3) is 0 Å². The first kappa shape index (κ1) is 19.4. The van der Waals surface area contributed by atoms with E-state index in [9.17, 15) is 9.59 Å². The molecule has 0 aliphatic carbocycles. The highest BCUT2D eigenvalue weighted by molar-refractivity contribution is 8.01. The maximum atomic E-state index is 12.4. The molecular formula is C17H22N6O2S2. The Kier molecular flexibility index (Phi) is 6.88. The van der Waals surface area contributed by atoms with Crippen molar-refractivity contribution in [3.63, 3.8) is 0 Å². The lowest BCUT2D eigenvalue weighted by Gasteiger charge is -2.34. The van der Waals surface area contributed by atoms with Crippen LogP contribution in [0.3, 0.4) is 0 Å². The lowest BCUT2D eigenvalue weighted by atomic mass is 10.3. The molecule has 27 heavy (non-hydrogen) atoms. The Balaban J connectivity index is 1.41. The van der Waals surface area contributed by atoms with Crippen LogP contribution in [-0.4, -0.2) is 70.4 Å². The zero-order valence-corrected chi connectivity index (χ0v) is 16.7. The molecule has 1 aromatic heterocycles. The Morgan fingerprint density at radius 1 is 1.11 bits per heavy atom. The van der Waals surface area contributed by atoms with E-state index in [0.29, 0.717) is 31.9 Å². The fourth-order valence-electron chi connectivity index (χ4n) is 2.59. The topological polar surface area (TPSA) is 90.5 Å². The number of anilines is 2. The van der Waals surface area contributed by atoms with E-state index in [4.69, 9.17) is 0 Å². The number of nitrogens with zero attached hydrogens (tertiary/aromatic N) is 4. The van der Waals surface area contributed by atoms with Gasteiger partial charge in [0.2, 0.25) is 11.0 Å². The molecule has 2 heterocycles. The van der Waals surface area contributed by atoms with E-state index in [-0.39, 0.29) is 11.9 Å². The normalized spacial score (nSPS) is 14.1. The van der Waals surface area contributed by atoms with Crippen molar-refractivity contribution in [1.29, 1.82) is 0 Å². The quantitative estimate of drug-likeness (QED) is 0.716. The van der Waals surface area contributed by atoms with Crippen LogP contribution in [0.1, 0.15) is 6.92 Å². The maximum Gasteiger partial charge on any atom is 0.321 e. The van der Waals surface area contributed by atoms with Crippen molar-refractivity contribution >= 4 is 45.9 Å². The fourth-order valence-corrected chi connectivity index (χ4v) is 4.31. The number of rotatable bonds is 6. The fraction of sp³-hybridized carbons (Fsp3) is 0.412. The highest BCUT2D eigenvalue weighted by Gasteiger charge is 2.24. The molecule has 3 rings (SSSR count). The summed E-state index contributed by atoms with van der Waals surface area (Å²) in [6.45, 7) is 4.93. The zero-order valence-electron chi connectivity index (χ0n) is 15.1. The van der Waals surface area contributed by atoms with Gasteiger partial charge < -0.3 is 20.4 Å². The monoisotopic (exact) mass is 406 g/mol. The van der Waals surface area contributed by atoms with Gasteiger partial charge in [0.1, 0.15) is 0 Å². The number of carbonyl (C=O) groups is 2. The third-order valence-electron chi connectivity index (χ3n) is 4.00. The van der Waals surface area contributed by atoms with E-state index >= 15 is 0 Å². The van der Waals surface area contributed by atoms with Crippen molar-refractivity contribution in [2.24, 2.45) is 0 Å². The molecule has 2 aromatic rings. The summed E-state index contributed by atoms with van der Waals surface area (Å²) in [7, 11) is 0. The molecule has 1 fully saturated rings. The van der Waals surface area contributed by atoms with Crippen LogP contribution in [0, 0.1) is 0 Å². The first-order chi connectivity index (χ1) is 13.2. The summed E-state index contributed by atoms with van der Waals surface area (Å²) in [6.07, 6.45) is 0. The smallest absolute Gasteiger partial charge is 0.321 e. The van der Waals surface area contributed by atoms with Gasteiger partial charge in [-0.3, -0.25) is 4.79 Å². The van der Waals surface area contributed by atoms with Crippen molar-refractivity contribution in [2.45, 2.75) is 11.3 Å². The van der Waals surface area contributed by atoms with Gasteiger partial charge in [-0.1, -0.05) is 41.3 Å². The summed E-state index contributed by atoms with van der Waals surface area (Å²) >= 11 is 2.85. The van der Waals surface area contributed by atoms with Crippen LogP contribution in [0.2, 0.25) is 0 Å². The van der Waals surface area contributed by atoms with Gasteiger partial charge in [-0.05, 0) is 19.1 Å². The number of hydrogen-bond donors (Lipinski definition) is 2. The van der Waals surface area contributed by atoms with Crippen molar-refractivity contribution in [3.8, 4) is 0 Å². The van der Waals surface area contributed by atoms with Crippen molar-refractivity contribution < 1.29 is 9.59 Å². The van der Waals surface area contributed by atoms with Gasteiger partial charge in [-0.2, -0.15) is 0 Å². The standard InChI is InChI=1S/C17H22N6O2S2/c1-2-18-15-20-21-17(27-15)26-12-14(24)22-8-10-23(11-9-22)16(25)19-13-6-4-3-5-7-13/h3-7H,2,8-12H2,1H3,(H,18,20)(H,19,25). The minimum absolute atomic E-state index is 0.0586. The van der Waals surface area contributed by atoms with Gasteiger partial charge in [0, 0.05) is 38.4 Å². The van der Waals surface area contributed by atoms with Crippen molar-refractivity contribution in [1.82, 2.24) is 20.0 Å². The number of para-hydroxylation sites is 1. The number of hydrogen-bond acceptors (Lipinski definition) is 7. The number of nitrogens with one attached hydrogen (secondary N) is 2. The van der Waals surface area contributed by atoms with Gasteiger partial charge in [-0.15, -0.1) is 10.2 Å². The summed E-state index contributed by atoms with van der Waals surface area (Å²) in [4.78, 5) is 28.2. The molecule has 0 atom stereocenters. The SMILES string of the molecule is CCNc1nnc(SCC(=O)N2CCN(C(=O)Nc3ccccc3)CC2)s1. The molecule has 1 aliphatic rings. The van der Waals surface area contributed by atoms with E-state index in [1.165, 1.54) is 23.1 Å². The van der Waals surface area contributed by atoms with Crippen molar-refractivity contribution in [3.05, 3.63) is 30.3 Å². The zero-order chi connectivity index (χ0) is 19.1. The number of thioether (sulfide) groups is 1.